The summed E-state index contributed by atoms with van der Waals surface area (Å²) in [4.78, 5) is 36.9. The van der Waals surface area contributed by atoms with Crippen molar-refractivity contribution in [2.45, 2.75) is 6.92 Å². The monoisotopic (exact) mass is 377 g/mol. The van der Waals surface area contributed by atoms with Crippen LogP contribution in [0.3, 0.4) is 0 Å². The van der Waals surface area contributed by atoms with Crippen molar-refractivity contribution in [2.24, 2.45) is 0 Å². The number of benzene rings is 2. The van der Waals surface area contributed by atoms with E-state index in [-0.39, 0.29) is 22.4 Å². The maximum Gasteiger partial charge on any atom is 0.338 e. The van der Waals surface area contributed by atoms with Crippen LogP contribution in [0.25, 0.3) is 22.1 Å². The molecule has 140 valence electrons. The Balaban J connectivity index is 1.70. The Bertz CT molecular complexity index is 1300. The van der Waals surface area contributed by atoms with E-state index in [0.29, 0.717) is 22.2 Å². The van der Waals surface area contributed by atoms with E-state index >= 15 is 0 Å². The predicted molar refractivity (Wildman–Crippen MR) is 103 cm³/mol. The van der Waals surface area contributed by atoms with Gasteiger partial charge in [-0.15, -0.1) is 0 Å². The Morgan fingerprint density at radius 3 is 2.57 bits per heavy atom. The topological polar surface area (TPSA) is 98.8 Å². The van der Waals surface area contributed by atoms with E-state index in [2.05, 4.69) is 5.32 Å². The average molecular weight is 377 g/mol. The largest absolute Gasteiger partial charge is 0.465 e. The first-order chi connectivity index (χ1) is 13.5. The second-order valence-corrected chi connectivity index (χ2v) is 6.21. The van der Waals surface area contributed by atoms with Crippen LogP contribution in [0.1, 0.15) is 26.5 Å². The number of hydrogen-bond acceptors (Lipinski definition) is 6. The van der Waals surface area contributed by atoms with Crippen LogP contribution < -0.4 is 10.7 Å². The molecule has 1 amide bonds. The predicted octanol–water partition coefficient (Wildman–Crippen LogP) is 3.89. The number of hydrogen-bond donors (Lipinski definition) is 1. The van der Waals surface area contributed by atoms with Crippen LogP contribution in [0.5, 0.6) is 0 Å². The molecule has 0 bridgehead atoms. The summed E-state index contributed by atoms with van der Waals surface area (Å²) in [5.74, 6) is -1.17. The highest BCUT2D eigenvalue weighted by atomic mass is 16.5. The van der Waals surface area contributed by atoms with E-state index < -0.39 is 11.9 Å². The van der Waals surface area contributed by atoms with Gasteiger partial charge < -0.3 is 18.9 Å². The van der Waals surface area contributed by atoms with Gasteiger partial charge in [-0.25, -0.2) is 4.79 Å². The number of fused-ring (bicyclic) bond motifs is 2. The lowest BCUT2D eigenvalue weighted by molar-refractivity contribution is 0.0599. The van der Waals surface area contributed by atoms with Crippen molar-refractivity contribution < 1.29 is 23.2 Å². The molecule has 0 aliphatic heterocycles. The van der Waals surface area contributed by atoms with Gasteiger partial charge >= 0.3 is 11.7 Å². The number of methoxy groups -OCH3 is 1. The van der Waals surface area contributed by atoms with Gasteiger partial charge in [0.1, 0.15) is 11.0 Å². The fourth-order valence-corrected chi connectivity index (χ4v) is 2.93. The fraction of sp³-hybridized carbons (Fsp3) is 0.0952. The normalized spacial score (nSPS) is 10.9. The number of furan rings is 1. The molecule has 4 rings (SSSR count). The number of nitrogens with one attached hydrogen (secondary N) is 1. The van der Waals surface area contributed by atoms with Gasteiger partial charge in [0, 0.05) is 11.8 Å². The Morgan fingerprint density at radius 1 is 1.00 bits per heavy atom. The molecule has 0 aliphatic rings. The number of amides is 1. The van der Waals surface area contributed by atoms with Gasteiger partial charge in [0.2, 0.25) is 5.43 Å². The zero-order chi connectivity index (χ0) is 19.8. The third-order valence-electron chi connectivity index (χ3n) is 4.40. The van der Waals surface area contributed by atoms with E-state index in [4.69, 9.17) is 13.6 Å². The van der Waals surface area contributed by atoms with E-state index in [1.54, 1.807) is 43.3 Å². The zero-order valence-corrected chi connectivity index (χ0v) is 15.1. The van der Waals surface area contributed by atoms with Crippen molar-refractivity contribution in [3.8, 4) is 0 Å². The molecule has 0 spiro atoms. The maximum atomic E-state index is 12.6. The molecular weight excluding hydrogens is 362 g/mol. The molecule has 0 aliphatic carbocycles. The number of ether oxygens (including phenoxy) is 1. The van der Waals surface area contributed by atoms with Crippen molar-refractivity contribution >= 4 is 39.7 Å². The minimum atomic E-state index is -0.575. The number of esters is 1. The Hall–Kier alpha value is -3.87. The van der Waals surface area contributed by atoms with Gasteiger partial charge in [-0.3, -0.25) is 9.59 Å². The maximum absolute atomic E-state index is 12.6. The quantitative estimate of drug-likeness (QED) is 0.544. The molecular formula is C21H15NO6. The molecule has 4 aromatic rings. The average Bonchev–Trinajstić information content (AvgIpc) is 3.13. The summed E-state index contributed by atoms with van der Waals surface area (Å²) in [6.45, 7) is 1.76. The number of aryl methyl sites for hydroxylation is 1. The van der Waals surface area contributed by atoms with Gasteiger partial charge in [0.15, 0.2) is 5.76 Å². The summed E-state index contributed by atoms with van der Waals surface area (Å²) in [5.41, 5.74) is 1.55. The third-order valence-corrected chi connectivity index (χ3v) is 4.40. The summed E-state index contributed by atoms with van der Waals surface area (Å²) < 4.78 is 15.8. The smallest absolute Gasteiger partial charge is 0.338 e. The molecule has 28 heavy (non-hydrogen) atoms. The lowest BCUT2D eigenvalue weighted by Gasteiger charge is -2.08. The summed E-state index contributed by atoms with van der Waals surface area (Å²) in [6, 6.07) is 13.0. The van der Waals surface area contributed by atoms with Gasteiger partial charge in [0.25, 0.3) is 5.91 Å². The minimum absolute atomic E-state index is 0.0204. The van der Waals surface area contributed by atoms with Gasteiger partial charge in [-0.1, -0.05) is 18.2 Å². The molecule has 1 N–H and O–H groups in total. The van der Waals surface area contributed by atoms with Gasteiger partial charge in [0.05, 0.1) is 18.1 Å². The molecule has 0 saturated heterocycles. The second-order valence-electron chi connectivity index (χ2n) is 6.21. The summed E-state index contributed by atoms with van der Waals surface area (Å²) in [5, 5.41) is 3.23. The fourth-order valence-electron chi connectivity index (χ4n) is 2.93. The molecule has 0 radical (unpaired) electrons. The number of anilines is 1. The van der Waals surface area contributed by atoms with E-state index in [1.807, 2.05) is 0 Å². The second kappa shape index (κ2) is 6.70. The number of rotatable bonds is 3. The Labute approximate surface area is 158 Å². The highest BCUT2D eigenvalue weighted by Crippen LogP contribution is 2.23. The van der Waals surface area contributed by atoms with Crippen LogP contribution in [0.4, 0.5) is 5.69 Å². The van der Waals surface area contributed by atoms with Gasteiger partial charge in [-0.05, 0) is 36.8 Å². The summed E-state index contributed by atoms with van der Waals surface area (Å²) >= 11 is 0. The van der Waals surface area contributed by atoms with Crippen molar-refractivity contribution in [3.05, 3.63) is 75.6 Å². The van der Waals surface area contributed by atoms with Crippen molar-refractivity contribution in [3.63, 3.8) is 0 Å². The van der Waals surface area contributed by atoms with E-state index in [0.717, 1.165) is 5.56 Å². The van der Waals surface area contributed by atoms with Crippen LogP contribution in [-0.2, 0) is 4.74 Å². The molecule has 2 aromatic carbocycles. The van der Waals surface area contributed by atoms with Crippen LogP contribution >= 0.6 is 0 Å². The number of carbonyl (C=O) groups is 2. The van der Waals surface area contributed by atoms with Crippen LogP contribution in [0.2, 0.25) is 0 Å². The Morgan fingerprint density at radius 2 is 1.79 bits per heavy atom. The Kier molecular flexibility index (Phi) is 4.19. The minimum Gasteiger partial charge on any atom is -0.465 e. The first kappa shape index (κ1) is 17.5. The number of carbonyl (C=O) groups excluding carboxylic acids is 2. The zero-order valence-electron chi connectivity index (χ0n) is 15.1. The molecule has 0 fully saturated rings. The van der Waals surface area contributed by atoms with E-state index in [9.17, 15) is 14.4 Å². The number of para-hydroxylation sites is 1. The lowest BCUT2D eigenvalue weighted by atomic mass is 10.1. The standard InChI is InChI=1S/C21H15NO6/c1-11-7-8-12(9-14(11)20(25)26-2)22-19(24)17-10-15-18(23)13-5-3-4-6-16(13)27-21(15)28-17/h3-10H,1-2H3,(H,22,24). The first-order valence-corrected chi connectivity index (χ1v) is 8.43. The summed E-state index contributed by atoms with van der Waals surface area (Å²) in [6.07, 6.45) is 0. The van der Waals surface area contributed by atoms with Crippen molar-refractivity contribution in [2.75, 3.05) is 12.4 Å². The molecule has 0 saturated carbocycles. The van der Waals surface area contributed by atoms with Crippen LogP contribution in [-0.4, -0.2) is 19.0 Å². The molecule has 7 heteroatoms. The lowest BCUT2D eigenvalue weighted by Crippen LogP contribution is -2.12. The summed E-state index contributed by atoms with van der Waals surface area (Å²) in [7, 11) is 1.29. The van der Waals surface area contributed by atoms with Crippen LogP contribution in [0.15, 0.2) is 62.2 Å². The molecule has 0 atom stereocenters. The molecule has 0 unspecified atom stereocenters. The third kappa shape index (κ3) is 2.92. The van der Waals surface area contributed by atoms with E-state index in [1.165, 1.54) is 19.2 Å². The molecule has 2 aromatic heterocycles. The highest BCUT2D eigenvalue weighted by molar-refractivity contribution is 6.05. The van der Waals surface area contributed by atoms with Gasteiger partial charge in [-0.2, -0.15) is 0 Å². The van der Waals surface area contributed by atoms with Crippen molar-refractivity contribution in [1.82, 2.24) is 0 Å². The SMILES string of the molecule is COC(=O)c1cc(NC(=O)c2cc3c(=O)c4ccccc4oc3o2)ccc1C. The van der Waals surface area contributed by atoms with Crippen molar-refractivity contribution in [1.29, 1.82) is 0 Å². The highest BCUT2D eigenvalue weighted by Gasteiger charge is 2.18. The van der Waals surface area contributed by atoms with Crippen LogP contribution in [0, 0.1) is 6.92 Å². The molecule has 7 nitrogen and oxygen atoms in total. The first-order valence-electron chi connectivity index (χ1n) is 8.43. The molecule has 2 heterocycles.